The van der Waals surface area contributed by atoms with Gasteiger partial charge in [0.05, 0.1) is 6.54 Å². The molecule has 0 aliphatic carbocycles. The maximum absolute atomic E-state index is 5.81. The van der Waals surface area contributed by atoms with Gasteiger partial charge in [0.1, 0.15) is 0 Å². The van der Waals surface area contributed by atoms with Crippen LogP contribution in [0, 0.1) is 11.8 Å². The number of rotatable bonds is 4. The summed E-state index contributed by atoms with van der Waals surface area (Å²) in [6.07, 6.45) is 3.73. The first kappa shape index (κ1) is 16.3. The molecule has 1 aromatic rings. The van der Waals surface area contributed by atoms with Crippen LogP contribution in [0.15, 0.2) is 4.42 Å². The van der Waals surface area contributed by atoms with E-state index in [-0.39, 0.29) is 5.54 Å². The maximum Gasteiger partial charge on any atom is 0.318 e. The molecule has 5 heteroatoms. The minimum Gasteiger partial charge on any atom is -0.407 e. The molecule has 0 spiro atoms. The smallest absolute Gasteiger partial charge is 0.318 e. The molecule has 1 fully saturated rings. The standard InChI is InChI=1S/C16H30N4O/c1-12(2)13-7-6-9-20(10-8-13)15-19-18-14(21-15)11-17-16(3,4)5/h12-13,17H,6-11H2,1-5H3. The number of aromatic nitrogens is 2. The third-order valence-corrected chi connectivity index (χ3v) is 4.21. The molecule has 1 atom stereocenters. The summed E-state index contributed by atoms with van der Waals surface area (Å²) < 4.78 is 5.81. The topological polar surface area (TPSA) is 54.2 Å². The average molecular weight is 294 g/mol. The fraction of sp³-hybridized carbons (Fsp3) is 0.875. The van der Waals surface area contributed by atoms with Crippen LogP contribution in [0.5, 0.6) is 0 Å². The van der Waals surface area contributed by atoms with Gasteiger partial charge in [0, 0.05) is 18.6 Å². The summed E-state index contributed by atoms with van der Waals surface area (Å²) in [5, 5.41) is 11.8. The Labute approximate surface area is 128 Å². The van der Waals surface area contributed by atoms with E-state index in [1.54, 1.807) is 0 Å². The molecule has 0 bridgehead atoms. The number of anilines is 1. The molecule has 2 rings (SSSR count). The second-order valence-corrected chi connectivity index (χ2v) is 7.50. The van der Waals surface area contributed by atoms with Gasteiger partial charge in [-0.3, -0.25) is 0 Å². The molecule has 1 aromatic heterocycles. The molecule has 1 N–H and O–H groups in total. The normalized spacial score (nSPS) is 20.9. The largest absolute Gasteiger partial charge is 0.407 e. The van der Waals surface area contributed by atoms with Gasteiger partial charge in [0.15, 0.2) is 0 Å². The quantitative estimate of drug-likeness (QED) is 0.924. The Balaban J connectivity index is 1.92. The summed E-state index contributed by atoms with van der Waals surface area (Å²) >= 11 is 0. The summed E-state index contributed by atoms with van der Waals surface area (Å²) in [5.41, 5.74) is 0.0573. The zero-order valence-corrected chi connectivity index (χ0v) is 14.1. The van der Waals surface area contributed by atoms with Crippen molar-refractivity contribution >= 4 is 6.01 Å². The van der Waals surface area contributed by atoms with Gasteiger partial charge >= 0.3 is 6.01 Å². The molecule has 2 heterocycles. The minimum atomic E-state index is 0.0573. The predicted molar refractivity (Wildman–Crippen MR) is 85.3 cm³/mol. The monoisotopic (exact) mass is 294 g/mol. The minimum absolute atomic E-state index is 0.0573. The second kappa shape index (κ2) is 6.77. The Kier molecular flexibility index (Phi) is 5.25. The van der Waals surface area contributed by atoms with Crippen molar-refractivity contribution in [2.24, 2.45) is 11.8 Å². The summed E-state index contributed by atoms with van der Waals surface area (Å²) in [6, 6.07) is 0.685. The van der Waals surface area contributed by atoms with Crippen molar-refractivity contribution < 1.29 is 4.42 Å². The van der Waals surface area contributed by atoms with Crippen LogP contribution in [0.1, 0.15) is 59.8 Å². The number of nitrogens with zero attached hydrogens (tertiary/aromatic N) is 3. The number of hydrogen-bond acceptors (Lipinski definition) is 5. The lowest BCUT2D eigenvalue weighted by molar-refractivity contribution is 0.350. The van der Waals surface area contributed by atoms with E-state index in [9.17, 15) is 0 Å². The molecule has 5 nitrogen and oxygen atoms in total. The fourth-order valence-electron chi connectivity index (χ4n) is 2.76. The van der Waals surface area contributed by atoms with E-state index in [2.05, 4.69) is 55.0 Å². The van der Waals surface area contributed by atoms with Gasteiger partial charge in [-0.25, -0.2) is 0 Å². The summed E-state index contributed by atoms with van der Waals surface area (Å²) in [4.78, 5) is 2.25. The second-order valence-electron chi connectivity index (χ2n) is 7.50. The molecule has 1 aliphatic rings. The van der Waals surface area contributed by atoms with Crippen LogP contribution in [0.25, 0.3) is 0 Å². The fourth-order valence-corrected chi connectivity index (χ4v) is 2.76. The van der Waals surface area contributed by atoms with Crippen molar-refractivity contribution in [3.05, 3.63) is 5.89 Å². The van der Waals surface area contributed by atoms with Crippen LogP contribution in [0.3, 0.4) is 0 Å². The SMILES string of the molecule is CC(C)C1CCCN(c2nnc(CNC(C)(C)C)o2)CC1. The van der Waals surface area contributed by atoms with Crippen molar-refractivity contribution in [1.29, 1.82) is 0 Å². The number of hydrogen-bond donors (Lipinski definition) is 1. The molecule has 0 aromatic carbocycles. The van der Waals surface area contributed by atoms with Crippen LogP contribution in [-0.4, -0.2) is 28.8 Å². The van der Waals surface area contributed by atoms with Crippen LogP contribution in [-0.2, 0) is 6.54 Å². The van der Waals surface area contributed by atoms with E-state index in [0.717, 1.165) is 24.9 Å². The van der Waals surface area contributed by atoms with Gasteiger partial charge in [-0.05, 0) is 51.9 Å². The van der Waals surface area contributed by atoms with Gasteiger partial charge in [-0.15, -0.1) is 5.10 Å². The van der Waals surface area contributed by atoms with Crippen molar-refractivity contribution in [1.82, 2.24) is 15.5 Å². The highest BCUT2D eigenvalue weighted by Gasteiger charge is 2.22. The predicted octanol–water partition coefficient (Wildman–Crippen LogP) is 3.22. The van der Waals surface area contributed by atoms with E-state index < -0.39 is 0 Å². The molecule has 0 saturated carbocycles. The highest BCUT2D eigenvalue weighted by Crippen LogP contribution is 2.26. The van der Waals surface area contributed by atoms with Crippen molar-refractivity contribution in [2.75, 3.05) is 18.0 Å². The highest BCUT2D eigenvalue weighted by atomic mass is 16.4. The third-order valence-electron chi connectivity index (χ3n) is 4.21. The summed E-state index contributed by atoms with van der Waals surface area (Å²) in [6.45, 7) is 13.7. The van der Waals surface area contributed by atoms with Crippen molar-refractivity contribution in [3.8, 4) is 0 Å². The molecule has 1 unspecified atom stereocenters. The Bertz CT molecular complexity index is 436. The van der Waals surface area contributed by atoms with Gasteiger partial charge in [-0.1, -0.05) is 18.9 Å². The van der Waals surface area contributed by atoms with Crippen LogP contribution < -0.4 is 10.2 Å². The summed E-state index contributed by atoms with van der Waals surface area (Å²) in [7, 11) is 0. The first-order chi connectivity index (χ1) is 9.85. The van der Waals surface area contributed by atoms with Gasteiger partial charge in [0.25, 0.3) is 0 Å². The van der Waals surface area contributed by atoms with E-state index in [4.69, 9.17) is 4.42 Å². The molecule has 0 radical (unpaired) electrons. The molecule has 1 aliphatic heterocycles. The zero-order valence-electron chi connectivity index (χ0n) is 14.1. The Morgan fingerprint density at radius 2 is 2.00 bits per heavy atom. The summed E-state index contributed by atoms with van der Waals surface area (Å²) in [5.74, 6) is 2.25. The zero-order chi connectivity index (χ0) is 15.5. The first-order valence-electron chi connectivity index (χ1n) is 8.17. The number of nitrogens with one attached hydrogen (secondary N) is 1. The van der Waals surface area contributed by atoms with Gasteiger partial charge in [-0.2, -0.15) is 0 Å². The molecule has 21 heavy (non-hydrogen) atoms. The van der Waals surface area contributed by atoms with E-state index in [0.29, 0.717) is 18.5 Å². The molecule has 1 saturated heterocycles. The first-order valence-corrected chi connectivity index (χ1v) is 8.17. The Morgan fingerprint density at radius 1 is 1.24 bits per heavy atom. The van der Waals surface area contributed by atoms with E-state index >= 15 is 0 Å². The average Bonchev–Trinajstić information content (AvgIpc) is 2.71. The highest BCUT2D eigenvalue weighted by molar-refractivity contribution is 5.24. The Morgan fingerprint density at radius 3 is 2.67 bits per heavy atom. The lowest BCUT2D eigenvalue weighted by Gasteiger charge is -2.20. The third kappa shape index (κ3) is 4.99. The van der Waals surface area contributed by atoms with Gasteiger partial charge in [0.2, 0.25) is 5.89 Å². The van der Waals surface area contributed by atoms with E-state index in [1.165, 1.54) is 19.3 Å². The van der Waals surface area contributed by atoms with Crippen LogP contribution in [0.4, 0.5) is 6.01 Å². The van der Waals surface area contributed by atoms with E-state index in [1.807, 2.05) is 0 Å². The molecule has 120 valence electrons. The van der Waals surface area contributed by atoms with Gasteiger partial charge < -0.3 is 14.6 Å². The Hall–Kier alpha value is -1.10. The van der Waals surface area contributed by atoms with Crippen LogP contribution >= 0.6 is 0 Å². The molecular weight excluding hydrogens is 264 g/mol. The van der Waals surface area contributed by atoms with Crippen LogP contribution in [0.2, 0.25) is 0 Å². The lowest BCUT2D eigenvalue weighted by Crippen LogP contribution is -2.35. The van der Waals surface area contributed by atoms with Crippen molar-refractivity contribution in [3.63, 3.8) is 0 Å². The van der Waals surface area contributed by atoms with Crippen molar-refractivity contribution in [2.45, 2.75) is 66.0 Å². The maximum atomic E-state index is 5.81. The molecule has 0 amide bonds. The lowest BCUT2D eigenvalue weighted by atomic mass is 9.89. The molecular formula is C16H30N4O.